The van der Waals surface area contributed by atoms with Gasteiger partial charge < -0.3 is 0 Å². The van der Waals surface area contributed by atoms with Gasteiger partial charge in [-0.3, -0.25) is 0 Å². The molecule has 2 aromatic rings. The summed E-state index contributed by atoms with van der Waals surface area (Å²) < 4.78 is 2.55. The lowest BCUT2D eigenvalue weighted by Crippen LogP contribution is -2.30. The largest absolute Gasteiger partial charge is 0.0651 e. The molecule has 0 amide bonds. The van der Waals surface area contributed by atoms with E-state index in [0.717, 1.165) is 11.8 Å². The highest BCUT2D eigenvalue weighted by atomic mass is 127. The van der Waals surface area contributed by atoms with Crippen LogP contribution in [0.25, 0.3) is 11.1 Å². The van der Waals surface area contributed by atoms with Crippen molar-refractivity contribution >= 4 is 38.5 Å². The van der Waals surface area contributed by atoms with Crippen LogP contribution in [0.15, 0.2) is 40.9 Å². The molecule has 0 radical (unpaired) electrons. The molecular formula is C23H28BrI. The second kappa shape index (κ2) is 7.72. The molecule has 0 N–H and O–H groups in total. The van der Waals surface area contributed by atoms with E-state index >= 15 is 0 Å². The van der Waals surface area contributed by atoms with Crippen molar-refractivity contribution in [3.8, 4) is 11.1 Å². The molecule has 2 aromatic carbocycles. The maximum atomic E-state index is 3.74. The Labute approximate surface area is 175 Å². The number of rotatable bonds is 6. The molecule has 2 atom stereocenters. The first-order valence-corrected chi connectivity index (χ1v) is 11.4. The lowest BCUT2D eigenvalue weighted by molar-refractivity contribution is 0.308. The first-order chi connectivity index (χ1) is 11.9. The Morgan fingerprint density at radius 2 is 1.40 bits per heavy atom. The third kappa shape index (κ3) is 3.58. The molecule has 0 fully saturated rings. The third-order valence-electron chi connectivity index (χ3n) is 6.07. The van der Waals surface area contributed by atoms with Crippen molar-refractivity contribution in [2.24, 2.45) is 11.8 Å². The van der Waals surface area contributed by atoms with E-state index in [1.807, 2.05) is 0 Å². The van der Waals surface area contributed by atoms with Gasteiger partial charge in [-0.05, 0) is 93.8 Å². The third-order valence-corrected chi connectivity index (χ3v) is 7.24. The number of benzene rings is 2. The Kier molecular flexibility index (Phi) is 5.99. The average Bonchev–Trinajstić information content (AvgIpc) is 2.84. The molecule has 0 nitrogen and oxygen atoms in total. The van der Waals surface area contributed by atoms with Gasteiger partial charge in [0.15, 0.2) is 0 Å². The predicted octanol–water partition coefficient (Wildman–Crippen LogP) is 8.19. The standard InChI is InChI=1S/C23H28BrI/c1-5-15(3)13-23(14-16(4)6-2)21-11-17(24)7-9-19(21)20-10-8-18(25)12-22(20)23/h7-12,15-16H,5-6,13-14H2,1-4H3. The van der Waals surface area contributed by atoms with E-state index in [1.54, 1.807) is 11.1 Å². The zero-order chi connectivity index (χ0) is 18.2. The minimum Gasteiger partial charge on any atom is -0.0651 e. The van der Waals surface area contributed by atoms with Crippen LogP contribution in [-0.4, -0.2) is 0 Å². The maximum Gasteiger partial charge on any atom is 0.0221 e. The van der Waals surface area contributed by atoms with Gasteiger partial charge in [-0.2, -0.15) is 0 Å². The molecule has 0 aliphatic heterocycles. The van der Waals surface area contributed by atoms with E-state index in [-0.39, 0.29) is 5.41 Å². The Morgan fingerprint density at radius 1 is 0.880 bits per heavy atom. The fourth-order valence-corrected chi connectivity index (χ4v) is 5.29. The summed E-state index contributed by atoms with van der Waals surface area (Å²) in [5.74, 6) is 1.44. The zero-order valence-corrected chi connectivity index (χ0v) is 19.4. The summed E-state index contributed by atoms with van der Waals surface area (Å²) in [6.07, 6.45) is 4.96. The van der Waals surface area contributed by atoms with E-state index in [0.29, 0.717) is 0 Å². The fourth-order valence-electron chi connectivity index (χ4n) is 4.44. The van der Waals surface area contributed by atoms with Gasteiger partial charge in [0.25, 0.3) is 0 Å². The van der Waals surface area contributed by atoms with Crippen molar-refractivity contribution in [3.63, 3.8) is 0 Å². The van der Waals surface area contributed by atoms with Crippen molar-refractivity contribution in [1.82, 2.24) is 0 Å². The van der Waals surface area contributed by atoms with Gasteiger partial charge in [-0.1, -0.05) is 68.6 Å². The van der Waals surface area contributed by atoms with Crippen LogP contribution >= 0.6 is 38.5 Å². The van der Waals surface area contributed by atoms with Gasteiger partial charge in [0, 0.05) is 13.5 Å². The number of fused-ring (bicyclic) bond motifs is 3. The van der Waals surface area contributed by atoms with E-state index in [9.17, 15) is 0 Å². The van der Waals surface area contributed by atoms with Crippen molar-refractivity contribution in [3.05, 3.63) is 55.6 Å². The highest BCUT2D eigenvalue weighted by Gasteiger charge is 2.44. The number of halogens is 2. The van der Waals surface area contributed by atoms with Crippen LogP contribution < -0.4 is 0 Å². The van der Waals surface area contributed by atoms with E-state index < -0.39 is 0 Å². The molecule has 2 unspecified atom stereocenters. The molecular weight excluding hydrogens is 483 g/mol. The highest BCUT2D eigenvalue weighted by Crippen LogP contribution is 2.56. The molecule has 0 spiro atoms. The Morgan fingerprint density at radius 3 is 1.96 bits per heavy atom. The second-order valence-electron chi connectivity index (χ2n) is 7.90. The van der Waals surface area contributed by atoms with Crippen molar-refractivity contribution in [2.45, 2.75) is 58.8 Å². The molecule has 1 aliphatic carbocycles. The molecule has 0 aromatic heterocycles. The molecule has 0 bridgehead atoms. The van der Waals surface area contributed by atoms with Gasteiger partial charge in [0.2, 0.25) is 0 Å². The lowest BCUT2D eigenvalue weighted by Gasteiger charge is -2.37. The quantitative estimate of drug-likeness (QED) is 0.343. The topological polar surface area (TPSA) is 0 Å². The number of hydrogen-bond acceptors (Lipinski definition) is 0. The van der Waals surface area contributed by atoms with Crippen molar-refractivity contribution in [2.75, 3.05) is 0 Å². The second-order valence-corrected chi connectivity index (χ2v) is 10.1. The molecule has 1 aliphatic rings. The summed E-state index contributed by atoms with van der Waals surface area (Å²) in [6, 6.07) is 14.0. The summed E-state index contributed by atoms with van der Waals surface area (Å²) in [6.45, 7) is 9.49. The predicted molar refractivity (Wildman–Crippen MR) is 121 cm³/mol. The van der Waals surface area contributed by atoms with E-state index in [4.69, 9.17) is 0 Å². The van der Waals surface area contributed by atoms with Gasteiger partial charge in [-0.15, -0.1) is 0 Å². The molecule has 25 heavy (non-hydrogen) atoms. The van der Waals surface area contributed by atoms with Gasteiger partial charge in [0.1, 0.15) is 0 Å². The summed E-state index contributed by atoms with van der Waals surface area (Å²) in [5.41, 5.74) is 6.16. The Bertz CT molecular complexity index is 699. The van der Waals surface area contributed by atoms with Gasteiger partial charge in [-0.25, -0.2) is 0 Å². The summed E-state index contributed by atoms with van der Waals surface area (Å²) >= 11 is 6.21. The van der Waals surface area contributed by atoms with Crippen LogP contribution in [0.3, 0.4) is 0 Å². The molecule has 0 heterocycles. The van der Waals surface area contributed by atoms with Crippen LogP contribution in [0.4, 0.5) is 0 Å². The molecule has 0 saturated heterocycles. The van der Waals surface area contributed by atoms with E-state index in [1.165, 1.54) is 44.9 Å². The maximum absolute atomic E-state index is 3.74. The minimum absolute atomic E-state index is 0.153. The highest BCUT2D eigenvalue weighted by molar-refractivity contribution is 14.1. The Balaban J connectivity index is 2.27. The minimum atomic E-state index is 0.153. The molecule has 0 saturated carbocycles. The average molecular weight is 511 g/mol. The van der Waals surface area contributed by atoms with Crippen LogP contribution in [0.5, 0.6) is 0 Å². The monoisotopic (exact) mass is 510 g/mol. The van der Waals surface area contributed by atoms with Gasteiger partial charge >= 0.3 is 0 Å². The molecule has 3 rings (SSSR count). The summed E-state index contributed by atoms with van der Waals surface area (Å²) in [4.78, 5) is 0. The molecule has 2 heteroatoms. The lowest BCUT2D eigenvalue weighted by atomic mass is 9.67. The number of hydrogen-bond donors (Lipinski definition) is 0. The SMILES string of the molecule is CCC(C)CC1(CC(C)CC)c2cc(Br)ccc2-c2ccc(I)cc21. The van der Waals surface area contributed by atoms with Crippen LogP contribution in [0.2, 0.25) is 0 Å². The fraction of sp³-hybridized carbons (Fsp3) is 0.478. The van der Waals surface area contributed by atoms with Crippen molar-refractivity contribution in [1.29, 1.82) is 0 Å². The smallest absolute Gasteiger partial charge is 0.0221 e. The zero-order valence-electron chi connectivity index (χ0n) is 15.7. The van der Waals surface area contributed by atoms with E-state index in [2.05, 4.69) is 103 Å². The molecule has 134 valence electrons. The van der Waals surface area contributed by atoms with Gasteiger partial charge in [0.05, 0.1) is 0 Å². The van der Waals surface area contributed by atoms with Crippen LogP contribution in [0, 0.1) is 15.4 Å². The normalized spacial score (nSPS) is 20.9. The summed E-state index contributed by atoms with van der Waals surface area (Å²) in [5, 5.41) is 0. The first kappa shape index (κ1) is 19.4. The summed E-state index contributed by atoms with van der Waals surface area (Å²) in [7, 11) is 0. The first-order valence-electron chi connectivity index (χ1n) is 9.51. The van der Waals surface area contributed by atoms with Crippen LogP contribution in [-0.2, 0) is 5.41 Å². The van der Waals surface area contributed by atoms with Crippen LogP contribution in [0.1, 0.15) is 64.5 Å². The Hall–Kier alpha value is -0.350. The van der Waals surface area contributed by atoms with Crippen molar-refractivity contribution < 1.29 is 0 Å².